The van der Waals surface area contributed by atoms with E-state index in [0.29, 0.717) is 0 Å². The minimum Gasteiger partial charge on any atom is -0.467 e. The maximum absolute atomic E-state index is 5.49. The molecular weight excluding hydrogens is 318 g/mol. The molecule has 0 aromatic carbocycles. The Hall–Kier alpha value is -1.20. The molecule has 0 unspecified atom stereocenters. The van der Waals surface area contributed by atoms with Crippen molar-refractivity contribution in [2.24, 2.45) is 0 Å². The van der Waals surface area contributed by atoms with Crippen molar-refractivity contribution in [1.29, 1.82) is 0 Å². The zero-order valence-corrected chi connectivity index (χ0v) is 13.2. The van der Waals surface area contributed by atoms with Crippen LogP contribution in [-0.4, -0.2) is 21.4 Å². The van der Waals surface area contributed by atoms with Gasteiger partial charge in [-0.1, -0.05) is 6.92 Å². The highest BCUT2D eigenvalue weighted by molar-refractivity contribution is 9.10. The summed E-state index contributed by atoms with van der Waals surface area (Å²) in [5.74, 6) is 1.97. The molecule has 106 valence electrons. The van der Waals surface area contributed by atoms with Crippen molar-refractivity contribution in [2.45, 2.75) is 39.3 Å². The van der Waals surface area contributed by atoms with E-state index in [4.69, 9.17) is 4.42 Å². The maximum Gasteiger partial charge on any atom is 0.128 e. The summed E-state index contributed by atoms with van der Waals surface area (Å²) in [6.07, 6.45) is 6.79. The number of nitrogens with zero attached hydrogens (tertiary/aromatic N) is 3. The molecule has 5 heteroatoms. The van der Waals surface area contributed by atoms with E-state index < -0.39 is 0 Å². The number of aryl methyl sites for hydroxylation is 1. The largest absolute Gasteiger partial charge is 0.467 e. The fraction of sp³-hybridized carbons (Fsp3) is 0.467. The third kappa shape index (κ3) is 3.10. The van der Waals surface area contributed by atoms with Crippen LogP contribution in [0.3, 0.4) is 0 Å². The van der Waals surface area contributed by atoms with Crippen molar-refractivity contribution < 1.29 is 4.42 Å². The van der Waals surface area contributed by atoms with Crippen LogP contribution in [0.4, 0.5) is 0 Å². The van der Waals surface area contributed by atoms with E-state index in [9.17, 15) is 0 Å². The van der Waals surface area contributed by atoms with Crippen LogP contribution < -0.4 is 0 Å². The standard InChI is InChI=1S/C15H18BrN3O/c1-2-3-15-17-7-11-8-19(5-4-14(11)18-15)9-13-6-12(16)10-20-13/h6-7,10H,2-5,8-9H2,1H3. The fourth-order valence-corrected chi connectivity index (χ4v) is 2.90. The van der Waals surface area contributed by atoms with Crippen LogP contribution in [0.2, 0.25) is 0 Å². The van der Waals surface area contributed by atoms with E-state index in [2.05, 4.69) is 37.7 Å². The van der Waals surface area contributed by atoms with Crippen LogP contribution >= 0.6 is 15.9 Å². The van der Waals surface area contributed by atoms with Crippen molar-refractivity contribution >= 4 is 15.9 Å². The molecule has 0 aliphatic carbocycles. The topological polar surface area (TPSA) is 42.2 Å². The molecule has 0 atom stereocenters. The third-order valence-corrected chi connectivity index (χ3v) is 3.95. The van der Waals surface area contributed by atoms with E-state index in [0.717, 1.165) is 55.0 Å². The van der Waals surface area contributed by atoms with Gasteiger partial charge in [0.1, 0.15) is 17.8 Å². The van der Waals surface area contributed by atoms with E-state index in [1.54, 1.807) is 6.26 Å². The molecule has 3 rings (SSSR count). The maximum atomic E-state index is 5.49. The minimum atomic E-state index is 0.835. The van der Waals surface area contributed by atoms with Gasteiger partial charge in [-0.3, -0.25) is 4.90 Å². The molecule has 2 aromatic rings. The van der Waals surface area contributed by atoms with Crippen LogP contribution in [0.15, 0.2) is 27.4 Å². The molecule has 0 saturated carbocycles. The Balaban J connectivity index is 1.69. The lowest BCUT2D eigenvalue weighted by Crippen LogP contribution is -2.31. The summed E-state index contributed by atoms with van der Waals surface area (Å²) < 4.78 is 6.48. The second-order valence-corrected chi connectivity index (χ2v) is 6.12. The van der Waals surface area contributed by atoms with Gasteiger partial charge in [0.15, 0.2) is 0 Å². The van der Waals surface area contributed by atoms with Crippen molar-refractivity contribution in [3.05, 3.63) is 45.8 Å². The molecular formula is C15H18BrN3O. The Morgan fingerprint density at radius 3 is 3.10 bits per heavy atom. The van der Waals surface area contributed by atoms with Crippen LogP contribution in [0.1, 0.15) is 36.2 Å². The van der Waals surface area contributed by atoms with Gasteiger partial charge in [-0.2, -0.15) is 0 Å². The molecule has 1 aliphatic rings. The Morgan fingerprint density at radius 2 is 2.35 bits per heavy atom. The van der Waals surface area contributed by atoms with Crippen LogP contribution in [0, 0.1) is 0 Å². The number of halogens is 1. The van der Waals surface area contributed by atoms with Crippen molar-refractivity contribution in [3.63, 3.8) is 0 Å². The summed E-state index contributed by atoms with van der Waals surface area (Å²) in [7, 11) is 0. The Bertz CT molecular complexity index is 597. The zero-order chi connectivity index (χ0) is 13.9. The molecule has 0 spiro atoms. The fourth-order valence-electron chi connectivity index (χ4n) is 2.55. The number of fused-ring (bicyclic) bond motifs is 1. The molecule has 3 heterocycles. The van der Waals surface area contributed by atoms with E-state index in [1.807, 2.05) is 12.3 Å². The Morgan fingerprint density at radius 1 is 1.45 bits per heavy atom. The first-order valence-corrected chi connectivity index (χ1v) is 7.83. The first-order chi connectivity index (χ1) is 9.74. The normalized spacial score (nSPS) is 15.3. The number of hydrogen-bond donors (Lipinski definition) is 0. The molecule has 0 radical (unpaired) electrons. The van der Waals surface area contributed by atoms with Gasteiger partial charge >= 0.3 is 0 Å². The van der Waals surface area contributed by atoms with Gasteiger partial charge in [-0.25, -0.2) is 9.97 Å². The van der Waals surface area contributed by atoms with Gasteiger partial charge in [0.2, 0.25) is 0 Å². The molecule has 0 amide bonds. The van der Waals surface area contributed by atoms with Crippen LogP contribution in [0.5, 0.6) is 0 Å². The molecule has 0 fully saturated rings. The van der Waals surface area contributed by atoms with Gasteiger partial charge in [0.05, 0.1) is 11.0 Å². The van der Waals surface area contributed by atoms with Crippen molar-refractivity contribution in [3.8, 4) is 0 Å². The zero-order valence-electron chi connectivity index (χ0n) is 11.6. The van der Waals surface area contributed by atoms with Crippen LogP contribution in [0.25, 0.3) is 0 Å². The van der Waals surface area contributed by atoms with Gasteiger partial charge in [-0.05, 0) is 28.4 Å². The first-order valence-electron chi connectivity index (χ1n) is 7.03. The predicted molar refractivity (Wildman–Crippen MR) is 80.3 cm³/mol. The second-order valence-electron chi connectivity index (χ2n) is 5.20. The number of rotatable bonds is 4. The first kappa shape index (κ1) is 13.8. The lowest BCUT2D eigenvalue weighted by atomic mass is 10.1. The summed E-state index contributed by atoms with van der Waals surface area (Å²) in [5, 5.41) is 0. The lowest BCUT2D eigenvalue weighted by molar-refractivity contribution is 0.223. The van der Waals surface area contributed by atoms with E-state index in [1.165, 1.54) is 11.3 Å². The molecule has 1 aliphatic heterocycles. The molecule has 0 bridgehead atoms. The van der Waals surface area contributed by atoms with Gasteiger partial charge < -0.3 is 4.42 Å². The van der Waals surface area contributed by atoms with Gasteiger partial charge in [-0.15, -0.1) is 0 Å². The summed E-state index contributed by atoms with van der Waals surface area (Å²) >= 11 is 3.41. The van der Waals surface area contributed by atoms with E-state index in [-0.39, 0.29) is 0 Å². The second kappa shape index (κ2) is 6.06. The predicted octanol–water partition coefficient (Wildman–Crippen LogP) is 3.34. The SMILES string of the molecule is CCCc1ncc2c(n1)CCN(Cc1cc(Br)co1)C2. The number of furan rings is 1. The summed E-state index contributed by atoms with van der Waals surface area (Å²) in [5.41, 5.74) is 2.47. The lowest BCUT2D eigenvalue weighted by Gasteiger charge is -2.27. The van der Waals surface area contributed by atoms with Crippen molar-refractivity contribution in [2.75, 3.05) is 6.54 Å². The van der Waals surface area contributed by atoms with Gasteiger partial charge in [0, 0.05) is 43.4 Å². The molecule has 0 saturated heterocycles. The molecule has 4 nitrogen and oxygen atoms in total. The van der Waals surface area contributed by atoms with Gasteiger partial charge in [0.25, 0.3) is 0 Å². The average Bonchev–Trinajstić information content (AvgIpc) is 2.85. The number of aromatic nitrogens is 2. The van der Waals surface area contributed by atoms with Crippen LogP contribution in [-0.2, 0) is 25.9 Å². The quantitative estimate of drug-likeness (QED) is 0.859. The van der Waals surface area contributed by atoms with E-state index >= 15 is 0 Å². The molecule has 20 heavy (non-hydrogen) atoms. The van der Waals surface area contributed by atoms with Crippen molar-refractivity contribution in [1.82, 2.24) is 14.9 Å². The summed E-state index contributed by atoms with van der Waals surface area (Å²) in [6.45, 7) is 4.92. The third-order valence-electron chi connectivity index (χ3n) is 3.54. The monoisotopic (exact) mass is 335 g/mol. The highest BCUT2D eigenvalue weighted by Crippen LogP contribution is 2.21. The molecule has 2 aromatic heterocycles. The highest BCUT2D eigenvalue weighted by atomic mass is 79.9. The summed E-state index contributed by atoms with van der Waals surface area (Å²) in [4.78, 5) is 11.5. The minimum absolute atomic E-state index is 0.835. The highest BCUT2D eigenvalue weighted by Gasteiger charge is 2.19. The smallest absolute Gasteiger partial charge is 0.128 e. The number of hydrogen-bond acceptors (Lipinski definition) is 4. The Kier molecular flexibility index (Phi) is 4.17. The average molecular weight is 336 g/mol. The Labute approximate surface area is 127 Å². The summed E-state index contributed by atoms with van der Waals surface area (Å²) in [6, 6.07) is 2.02. The molecule has 0 N–H and O–H groups in total.